The van der Waals surface area contributed by atoms with Crippen LogP contribution in [-0.4, -0.2) is 19.1 Å². The fourth-order valence-electron chi connectivity index (χ4n) is 4.29. The molecule has 0 spiro atoms. The summed E-state index contributed by atoms with van der Waals surface area (Å²) >= 11 is 0. The number of nitrogens with zero attached hydrogens (tertiary/aromatic N) is 1. The predicted octanol–water partition coefficient (Wildman–Crippen LogP) is 4.52. The molecule has 1 saturated heterocycles. The fraction of sp³-hybridized carbons (Fsp3) is 0.684. The summed E-state index contributed by atoms with van der Waals surface area (Å²) in [6.07, 6.45) is 8.31. The maximum atomic E-state index is 3.66. The molecule has 3 atom stereocenters. The highest BCUT2D eigenvalue weighted by atomic mass is 15.2. The van der Waals surface area contributed by atoms with Crippen molar-refractivity contribution in [1.82, 2.24) is 5.32 Å². The monoisotopic (exact) mass is 286 g/mol. The van der Waals surface area contributed by atoms with Gasteiger partial charge in [0.05, 0.1) is 0 Å². The first-order chi connectivity index (χ1) is 10.3. The number of benzene rings is 1. The maximum Gasteiger partial charge on any atom is 0.0417 e. The van der Waals surface area contributed by atoms with E-state index >= 15 is 0 Å². The molecule has 0 radical (unpaired) electrons. The van der Waals surface area contributed by atoms with Crippen LogP contribution in [0.1, 0.15) is 64.0 Å². The highest BCUT2D eigenvalue weighted by molar-refractivity contribution is 5.56. The Balaban J connectivity index is 1.81. The molecule has 2 aliphatic rings. The lowest BCUT2D eigenvalue weighted by atomic mass is 9.85. The van der Waals surface area contributed by atoms with E-state index in [1.165, 1.54) is 56.3 Å². The summed E-state index contributed by atoms with van der Waals surface area (Å²) in [5.74, 6) is 0.950. The summed E-state index contributed by atoms with van der Waals surface area (Å²) in [4.78, 5) is 2.73. The smallest absolute Gasteiger partial charge is 0.0417 e. The molecule has 1 heterocycles. The van der Waals surface area contributed by atoms with E-state index in [0.717, 1.165) is 18.5 Å². The number of hydrogen-bond acceptors (Lipinski definition) is 2. The highest BCUT2D eigenvalue weighted by Crippen LogP contribution is 2.40. The van der Waals surface area contributed by atoms with Gasteiger partial charge < -0.3 is 10.2 Å². The van der Waals surface area contributed by atoms with Crippen LogP contribution >= 0.6 is 0 Å². The summed E-state index contributed by atoms with van der Waals surface area (Å²) in [5.41, 5.74) is 2.97. The van der Waals surface area contributed by atoms with Crippen molar-refractivity contribution in [2.45, 2.75) is 64.5 Å². The molecule has 0 bridgehead atoms. The van der Waals surface area contributed by atoms with Crippen LogP contribution in [0.5, 0.6) is 0 Å². The number of hydrogen-bond donors (Lipinski definition) is 1. The average molecular weight is 286 g/mol. The lowest BCUT2D eigenvalue weighted by molar-refractivity contribution is 0.342. The van der Waals surface area contributed by atoms with Crippen LogP contribution in [0.4, 0.5) is 5.69 Å². The van der Waals surface area contributed by atoms with Gasteiger partial charge in [-0.05, 0) is 56.7 Å². The molecule has 1 aliphatic carbocycles. The Bertz CT molecular complexity index is 457. The van der Waals surface area contributed by atoms with Gasteiger partial charge in [-0.25, -0.2) is 0 Å². The topological polar surface area (TPSA) is 15.3 Å². The molecule has 3 unspecified atom stereocenters. The largest absolute Gasteiger partial charge is 0.368 e. The van der Waals surface area contributed by atoms with E-state index in [-0.39, 0.29) is 0 Å². The van der Waals surface area contributed by atoms with Gasteiger partial charge in [0.25, 0.3) is 0 Å². The molecule has 0 aromatic heterocycles. The van der Waals surface area contributed by atoms with Crippen LogP contribution < -0.4 is 10.2 Å². The van der Waals surface area contributed by atoms with E-state index in [0.29, 0.717) is 6.04 Å². The number of nitrogens with one attached hydrogen (secondary N) is 1. The normalized spacial score (nSPS) is 26.7. The summed E-state index contributed by atoms with van der Waals surface area (Å²) in [7, 11) is 0. The van der Waals surface area contributed by atoms with E-state index in [1.54, 1.807) is 0 Å². The molecule has 1 N–H and O–H groups in total. The summed E-state index contributed by atoms with van der Waals surface area (Å²) in [6, 6.07) is 10.3. The quantitative estimate of drug-likeness (QED) is 0.856. The number of anilines is 1. The molecule has 1 saturated carbocycles. The maximum absolute atomic E-state index is 3.66. The third-order valence-electron chi connectivity index (χ3n) is 5.42. The molecule has 21 heavy (non-hydrogen) atoms. The first kappa shape index (κ1) is 14.9. The Kier molecular flexibility index (Phi) is 4.84. The molecule has 2 nitrogen and oxygen atoms in total. The van der Waals surface area contributed by atoms with Gasteiger partial charge in [-0.15, -0.1) is 0 Å². The summed E-state index contributed by atoms with van der Waals surface area (Å²) in [5, 5.41) is 3.66. The molecule has 1 aromatic rings. The second-order valence-corrected chi connectivity index (χ2v) is 6.83. The van der Waals surface area contributed by atoms with Gasteiger partial charge in [0.2, 0.25) is 0 Å². The Labute approximate surface area is 129 Å². The van der Waals surface area contributed by atoms with Crippen LogP contribution in [-0.2, 0) is 0 Å². The van der Waals surface area contributed by atoms with E-state index in [4.69, 9.17) is 0 Å². The Morgan fingerprint density at radius 1 is 1.19 bits per heavy atom. The minimum Gasteiger partial charge on any atom is -0.368 e. The zero-order chi connectivity index (χ0) is 14.7. The van der Waals surface area contributed by atoms with Crippen LogP contribution in [0.25, 0.3) is 0 Å². The zero-order valence-corrected chi connectivity index (χ0v) is 13.6. The van der Waals surface area contributed by atoms with Crippen molar-refractivity contribution in [2.75, 3.05) is 18.0 Å². The van der Waals surface area contributed by atoms with E-state index in [1.807, 2.05) is 0 Å². The molecule has 0 amide bonds. The Morgan fingerprint density at radius 3 is 2.86 bits per heavy atom. The van der Waals surface area contributed by atoms with E-state index in [2.05, 4.69) is 48.3 Å². The zero-order valence-electron chi connectivity index (χ0n) is 13.6. The standard InChI is InChI=1S/C19H30N2/c1-3-13-20-15(2)17-9-5-7-11-19(17)21-14-12-16-8-4-6-10-18(16)21/h5,7,9,11,15-16,18,20H,3-4,6,8,10,12-14H2,1-2H3. The van der Waals surface area contributed by atoms with Gasteiger partial charge in [0.1, 0.15) is 0 Å². The second-order valence-electron chi connectivity index (χ2n) is 6.83. The molecule has 1 aliphatic heterocycles. The molecule has 1 aromatic carbocycles. The molecule has 2 fully saturated rings. The summed E-state index contributed by atoms with van der Waals surface area (Å²) < 4.78 is 0. The van der Waals surface area contributed by atoms with Crippen molar-refractivity contribution in [2.24, 2.45) is 5.92 Å². The fourth-order valence-corrected chi connectivity index (χ4v) is 4.29. The first-order valence-corrected chi connectivity index (χ1v) is 8.90. The van der Waals surface area contributed by atoms with Crippen molar-refractivity contribution in [3.63, 3.8) is 0 Å². The van der Waals surface area contributed by atoms with E-state index in [9.17, 15) is 0 Å². The number of rotatable bonds is 5. The highest BCUT2D eigenvalue weighted by Gasteiger charge is 2.36. The van der Waals surface area contributed by atoms with Crippen LogP contribution in [0.15, 0.2) is 24.3 Å². The minimum atomic E-state index is 0.448. The van der Waals surface area contributed by atoms with Gasteiger partial charge in [0.15, 0.2) is 0 Å². The summed E-state index contributed by atoms with van der Waals surface area (Å²) in [6.45, 7) is 6.90. The molecule has 116 valence electrons. The van der Waals surface area contributed by atoms with Gasteiger partial charge >= 0.3 is 0 Å². The number of fused-ring (bicyclic) bond motifs is 1. The van der Waals surface area contributed by atoms with Gasteiger partial charge in [0, 0.05) is 24.3 Å². The lowest BCUT2D eigenvalue weighted by Gasteiger charge is -2.35. The Morgan fingerprint density at radius 2 is 2.00 bits per heavy atom. The molecule has 3 rings (SSSR count). The van der Waals surface area contributed by atoms with Crippen molar-refractivity contribution in [3.05, 3.63) is 29.8 Å². The Hall–Kier alpha value is -1.02. The van der Waals surface area contributed by atoms with Crippen LogP contribution in [0.3, 0.4) is 0 Å². The average Bonchev–Trinajstić information content (AvgIpc) is 2.96. The first-order valence-electron chi connectivity index (χ1n) is 8.90. The molecular formula is C19H30N2. The lowest BCUT2D eigenvalue weighted by Crippen LogP contribution is -2.36. The van der Waals surface area contributed by atoms with Crippen molar-refractivity contribution < 1.29 is 0 Å². The number of para-hydroxylation sites is 1. The third kappa shape index (κ3) is 3.11. The SMILES string of the molecule is CCCNC(C)c1ccccc1N1CCC2CCCCC21. The van der Waals surface area contributed by atoms with Gasteiger partial charge in [-0.1, -0.05) is 38.0 Å². The van der Waals surface area contributed by atoms with Crippen molar-refractivity contribution in [1.29, 1.82) is 0 Å². The van der Waals surface area contributed by atoms with Gasteiger partial charge in [-0.3, -0.25) is 0 Å². The molecule has 2 heteroatoms. The van der Waals surface area contributed by atoms with Crippen molar-refractivity contribution >= 4 is 5.69 Å². The second kappa shape index (κ2) is 6.83. The predicted molar refractivity (Wildman–Crippen MR) is 90.9 cm³/mol. The van der Waals surface area contributed by atoms with E-state index < -0.39 is 0 Å². The van der Waals surface area contributed by atoms with Gasteiger partial charge in [-0.2, -0.15) is 0 Å². The molecular weight excluding hydrogens is 256 g/mol. The third-order valence-corrected chi connectivity index (χ3v) is 5.42. The van der Waals surface area contributed by atoms with Crippen LogP contribution in [0.2, 0.25) is 0 Å². The van der Waals surface area contributed by atoms with Crippen molar-refractivity contribution in [3.8, 4) is 0 Å². The minimum absolute atomic E-state index is 0.448. The van der Waals surface area contributed by atoms with Crippen LogP contribution in [0, 0.1) is 5.92 Å².